The third kappa shape index (κ3) is 2.93. The van der Waals surface area contributed by atoms with Crippen molar-refractivity contribution < 1.29 is 13.2 Å². The summed E-state index contributed by atoms with van der Waals surface area (Å²) in [6, 6.07) is 7.94. The molecule has 1 aromatic carbocycles. The molecule has 1 atom stereocenters. The lowest BCUT2D eigenvalue weighted by Gasteiger charge is -2.23. The molecule has 1 aliphatic rings. The molecular formula is C18H24N4O3S. The Hall–Kier alpha value is -2.19. The highest BCUT2D eigenvalue weighted by molar-refractivity contribution is 7.89. The lowest BCUT2D eigenvalue weighted by atomic mass is 10.1. The highest BCUT2D eigenvalue weighted by Gasteiger charge is 2.32. The number of carbonyl (C=O) groups excluding carboxylic acids is 1. The van der Waals surface area contributed by atoms with Crippen LogP contribution in [0.4, 0.5) is 5.69 Å². The van der Waals surface area contributed by atoms with Crippen molar-refractivity contribution in [2.24, 2.45) is 0 Å². The van der Waals surface area contributed by atoms with E-state index < -0.39 is 10.0 Å². The van der Waals surface area contributed by atoms with E-state index >= 15 is 0 Å². The van der Waals surface area contributed by atoms with Crippen molar-refractivity contribution in [3.63, 3.8) is 0 Å². The summed E-state index contributed by atoms with van der Waals surface area (Å²) in [6.45, 7) is 5.36. The van der Waals surface area contributed by atoms with E-state index in [1.807, 2.05) is 31.2 Å². The summed E-state index contributed by atoms with van der Waals surface area (Å²) in [5, 5.41) is 4.31. The van der Waals surface area contributed by atoms with Crippen molar-refractivity contribution >= 4 is 21.6 Å². The topological polar surface area (TPSA) is 75.5 Å². The number of carbonyl (C=O) groups is 1. The fourth-order valence-electron chi connectivity index (χ4n) is 3.54. The van der Waals surface area contributed by atoms with Crippen LogP contribution in [0.1, 0.15) is 23.9 Å². The molecule has 2 aromatic rings. The zero-order valence-corrected chi connectivity index (χ0v) is 16.5. The van der Waals surface area contributed by atoms with Crippen LogP contribution in [0.25, 0.3) is 0 Å². The van der Waals surface area contributed by atoms with Gasteiger partial charge in [0.1, 0.15) is 11.4 Å². The summed E-state index contributed by atoms with van der Waals surface area (Å²) < 4.78 is 27.7. The van der Waals surface area contributed by atoms with Gasteiger partial charge >= 0.3 is 0 Å². The SMILES string of the molecule is Cc1nn(CC(=O)N2c3ccccc3CC2C)c(C)c1S(=O)(=O)N(C)C. The van der Waals surface area contributed by atoms with Gasteiger partial charge in [0.2, 0.25) is 15.9 Å². The maximum absolute atomic E-state index is 12.9. The van der Waals surface area contributed by atoms with Crippen LogP contribution in [-0.4, -0.2) is 48.5 Å². The molecule has 140 valence electrons. The Kier molecular flexibility index (Phi) is 4.66. The minimum absolute atomic E-state index is 0.00823. The van der Waals surface area contributed by atoms with Crippen LogP contribution in [0.2, 0.25) is 0 Å². The van der Waals surface area contributed by atoms with Crippen LogP contribution < -0.4 is 4.90 Å². The Morgan fingerprint density at radius 3 is 2.58 bits per heavy atom. The third-order valence-electron chi connectivity index (χ3n) is 4.81. The lowest BCUT2D eigenvalue weighted by molar-refractivity contribution is -0.119. The minimum atomic E-state index is -3.61. The van der Waals surface area contributed by atoms with Gasteiger partial charge in [-0.25, -0.2) is 12.7 Å². The summed E-state index contributed by atoms with van der Waals surface area (Å²) >= 11 is 0. The lowest BCUT2D eigenvalue weighted by Crippen LogP contribution is -2.38. The standard InChI is InChI=1S/C18H24N4O3S/c1-12-10-15-8-6-7-9-16(15)22(12)17(23)11-21-14(3)18(13(2)19-21)26(24,25)20(4)5/h6-9,12H,10-11H2,1-5H3. The molecule has 1 amide bonds. The molecule has 1 aliphatic heterocycles. The first-order chi connectivity index (χ1) is 12.1. The van der Waals surface area contributed by atoms with Gasteiger partial charge in [0, 0.05) is 25.8 Å². The first-order valence-electron chi connectivity index (χ1n) is 8.51. The normalized spacial score (nSPS) is 17.0. The number of nitrogens with zero attached hydrogens (tertiary/aromatic N) is 4. The Labute approximate surface area is 154 Å². The number of para-hydroxylation sites is 1. The predicted molar refractivity (Wildman–Crippen MR) is 99.7 cm³/mol. The number of hydrogen-bond donors (Lipinski definition) is 0. The fraction of sp³-hybridized carbons (Fsp3) is 0.444. The zero-order valence-electron chi connectivity index (χ0n) is 15.7. The van der Waals surface area contributed by atoms with E-state index in [-0.39, 0.29) is 23.4 Å². The van der Waals surface area contributed by atoms with Gasteiger partial charge < -0.3 is 4.90 Å². The quantitative estimate of drug-likeness (QED) is 0.814. The smallest absolute Gasteiger partial charge is 0.248 e. The molecule has 0 spiro atoms. The maximum Gasteiger partial charge on any atom is 0.248 e. The molecule has 0 radical (unpaired) electrons. The summed E-state index contributed by atoms with van der Waals surface area (Å²) in [5.41, 5.74) is 2.95. The Morgan fingerprint density at radius 2 is 1.92 bits per heavy atom. The molecule has 2 heterocycles. The number of sulfonamides is 1. The van der Waals surface area contributed by atoms with E-state index in [2.05, 4.69) is 5.10 Å². The molecule has 0 saturated heterocycles. The molecule has 0 aliphatic carbocycles. The number of hydrogen-bond acceptors (Lipinski definition) is 4. The summed E-state index contributed by atoms with van der Waals surface area (Å²) in [5.74, 6) is -0.0955. The number of amides is 1. The van der Waals surface area contributed by atoms with Gasteiger partial charge in [0.15, 0.2) is 0 Å². The number of benzene rings is 1. The molecule has 0 fully saturated rings. The van der Waals surface area contributed by atoms with Gasteiger partial charge in [-0.15, -0.1) is 0 Å². The molecule has 1 unspecified atom stereocenters. The third-order valence-corrected chi connectivity index (χ3v) is 6.88. The Bertz CT molecular complexity index is 963. The molecular weight excluding hydrogens is 352 g/mol. The molecule has 26 heavy (non-hydrogen) atoms. The summed E-state index contributed by atoms with van der Waals surface area (Å²) in [6.07, 6.45) is 0.819. The molecule has 7 nitrogen and oxygen atoms in total. The van der Waals surface area contributed by atoms with Crippen molar-refractivity contribution in [3.05, 3.63) is 41.2 Å². The number of anilines is 1. The fourth-order valence-corrected chi connectivity index (χ4v) is 4.80. The van der Waals surface area contributed by atoms with Gasteiger partial charge in [0.25, 0.3) is 0 Å². The van der Waals surface area contributed by atoms with Gasteiger partial charge in [0.05, 0.1) is 11.4 Å². The van der Waals surface area contributed by atoms with E-state index in [1.165, 1.54) is 18.8 Å². The van der Waals surface area contributed by atoms with Crippen LogP contribution >= 0.6 is 0 Å². The van der Waals surface area contributed by atoms with Gasteiger partial charge in [-0.2, -0.15) is 5.10 Å². The van der Waals surface area contributed by atoms with E-state index in [0.29, 0.717) is 11.4 Å². The molecule has 1 aromatic heterocycles. The van der Waals surface area contributed by atoms with Crippen molar-refractivity contribution in [3.8, 4) is 0 Å². The van der Waals surface area contributed by atoms with Crippen molar-refractivity contribution in [1.29, 1.82) is 0 Å². The number of aryl methyl sites for hydroxylation is 1. The maximum atomic E-state index is 12.9. The average Bonchev–Trinajstić information content (AvgIpc) is 3.03. The predicted octanol–water partition coefficient (Wildman–Crippen LogP) is 1.73. The second kappa shape index (κ2) is 6.51. The first kappa shape index (κ1) is 18.6. The van der Waals surface area contributed by atoms with Gasteiger partial charge in [-0.1, -0.05) is 18.2 Å². The monoisotopic (exact) mass is 376 g/mol. The Balaban J connectivity index is 1.92. The zero-order chi connectivity index (χ0) is 19.2. The second-order valence-electron chi connectivity index (χ2n) is 6.89. The molecule has 0 bridgehead atoms. The molecule has 8 heteroatoms. The van der Waals surface area contributed by atoms with Gasteiger partial charge in [-0.05, 0) is 38.8 Å². The highest BCUT2D eigenvalue weighted by atomic mass is 32.2. The van der Waals surface area contributed by atoms with Crippen LogP contribution in [0, 0.1) is 13.8 Å². The highest BCUT2D eigenvalue weighted by Crippen LogP contribution is 2.32. The van der Waals surface area contributed by atoms with Crippen molar-refractivity contribution in [2.45, 2.75) is 44.7 Å². The van der Waals surface area contributed by atoms with Crippen LogP contribution in [0.3, 0.4) is 0 Å². The number of rotatable bonds is 4. The molecule has 0 N–H and O–H groups in total. The number of fused-ring (bicyclic) bond motifs is 1. The van der Waals surface area contributed by atoms with Crippen molar-refractivity contribution in [2.75, 3.05) is 19.0 Å². The second-order valence-corrected chi connectivity index (χ2v) is 8.98. The van der Waals surface area contributed by atoms with E-state index in [9.17, 15) is 13.2 Å². The summed E-state index contributed by atoms with van der Waals surface area (Å²) in [4.78, 5) is 14.9. The van der Waals surface area contributed by atoms with E-state index in [4.69, 9.17) is 0 Å². The number of aromatic nitrogens is 2. The van der Waals surface area contributed by atoms with Crippen LogP contribution in [-0.2, 0) is 27.8 Å². The summed E-state index contributed by atoms with van der Waals surface area (Å²) in [7, 11) is -0.635. The molecule has 3 rings (SSSR count). The average molecular weight is 376 g/mol. The first-order valence-corrected chi connectivity index (χ1v) is 9.95. The Morgan fingerprint density at radius 1 is 1.27 bits per heavy atom. The minimum Gasteiger partial charge on any atom is -0.307 e. The van der Waals surface area contributed by atoms with E-state index in [1.54, 1.807) is 18.7 Å². The van der Waals surface area contributed by atoms with E-state index in [0.717, 1.165) is 22.0 Å². The van der Waals surface area contributed by atoms with Gasteiger partial charge in [-0.3, -0.25) is 9.48 Å². The van der Waals surface area contributed by atoms with Crippen LogP contribution in [0.5, 0.6) is 0 Å². The van der Waals surface area contributed by atoms with Crippen molar-refractivity contribution in [1.82, 2.24) is 14.1 Å². The largest absolute Gasteiger partial charge is 0.307 e. The van der Waals surface area contributed by atoms with Crippen LogP contribution in [0.15, 0.2) is 29.2 Å². The molecule has 0 saturated carbocycles.